The number of likely N-dealkylation sites (N-methyl/N-ethyl adjacent to an activating group) is 1. The van der Waals surface area contributed by atoms with E-state index in [1.807, 2.05) is 28.1 Å². The SMILES string of the molecule is C=C(C)N/C(=C\N)C[C@@H](C=O)[N+](C)(C)C. The molecular weight excluding hydrogens is 190 g/mol. The molecule has 4 heteroatoms. The van der Waals surface area contributed by atoms with Gasteiger partial charge in [-0.2, -0.15) is 0 Å². The van der Waals surface area contributed by atoms with E-state index in [9.17, 15) is 4.79 Å². The van der Waals surface area contributed by atoms with Crippen molar-refractivity contribution in [1.29, 1.82) is 0 Å². The van der Waals surface area contributed by atoms with Gasteiger partial charge in [-0.25, -0.2) is 0 Å². The van der Waals surface area contributed by atoms with E-state index in [1.54, 1.807) is 0 Å². The van der Waals surface area contributed by atoms with Crippen molar-refractivity contribution in [2.24, 2.45) is 5.73 Å². The van der Waals surface area contributed by atoms with Crippen LogP contribution in [0.25, 0.3) is 0 Å². The number of aldehydes is 1. The summed E-state index contributed by atoms with van der Waals surface area (Å²) in [5.74, 6) is 0. The molecule has 0 aliphatic heterocycles. The van der Waals surface area contributed by atoms with Crippen molar-refractivity contribution in [2.75, 3.05) is 21.1 Å². The highest BCUT2D eigenvalue weighted by Crippen LogP contribution is 2.10. The first-order valence-electron chi connectivity index (χ1n) is 4.91. The molecule has 0 spiro atoms. The Bertz CT molecular complexity index is 263. The van der Waals surface area contributed by atoms with Gasteiger partial charge in [0.05, 0.1) is 21.1 Å². The van der Waals surface area contributed by atoms with Gasteiger partial charge in [-0.3, -0.25) is 4.79 Å². The summed E-state index contributed by atoms with van der Waals surface area (Å²) in [6.07, 6.45) is 3.04. The van der Waals surface area contributed by atoms with Crippen LogP contribution in [0.4, 0.5) is 0 Å². The molecule has 15 heavy (non-hydrogen) atoms. The summed E-state index contributed by atoms with van der Waals surface area (Å²) in [6, 6.07) is -0.105. The monoisotopic (exact) mass is 212 g/mol. The van der Waals surface area contributed by atoms with Crippen LogP contribution in [-0.4, -0.2) is 38.0 Å². The number of quaternary nitrogens is 1. The standard InChI is InChI=1S/C11H22N3O/c1-9(2)13-10(7-12)6-11(8-15)14(3,4)5/h7-8,11,13H,1,6,12H2,2-5H3/q+1/b10-7-/t11-/m0/s1. The fourth-order valence-corrected chi connectivity index (χ4v) is 1.16. The highest BCUT2D eigenvalue weighted by Gasteiger charge is 2.24. The van der Waals surface area contributed by atoms with E-state index in [4.69, 9.17) is 5.73 Å². The fraction of sp³-hybridized carbons (Fsp3) is 0.545. The van der Waals surface area contributed by atoms with E-state index in [1.165, 1.54) is 6.20 Å². The molecule has 1 atom stereocenters. The Kier molecular flexibility index (Phi) is 5.08. The summed E-state index contributed by atoms with van der Waals surface area (Å²) in [4.78, 5) is 11.0. The number of carbonyl (C=O) groups excluding carboxylic acids is 1. The molecule has 0 rings (SSSR count). The van der Waals surface area contributed by atoms with E-state index in [2.05, 4.69) is 11.9 Å². The number of rotatable bonds is 6. The molecule has 0 radical (unpaired) electrons. The number of hydrogen-bond donors (Lipinski definition) is 2. The Morgan fingerprint density at radius 2 is 2.07 bits per heavy atom. The molecule has 0 fully saturated rings. The minimum absolute atomic E-state index is 0.105. The average Bonchev–Trinajstić information content (AvgIpc) is 2.09. The quantitative estimate of drug-likeness (QED) is 0.500. The summed E-state index contributed by atoms with van der Waals surface area (Å²) in [7, 11) is 5.94. The maximum absolute atomic E-state index is 11.0. The molecule has 0 heterocycles. The smallest absolute Gasteiger partial charge is 0.177 e. The second-order valence-corrected chi connectivity index (χ2v) is 4.62. The number of nitrogens with one attached hydrogen (secondary N) is 1. The summed E-state index contributed by atoms with van der Waals surface area (Å²) < 4.78 is 0.582. The first-order valence-corrected chi connectivity index (χ1v) is 4.91. The van der Waals surface area contributed by atoms with Crippen LogP contribution in [0.3, 0.4) is 0 Å². The van der Waals surface area contributed by atoms with Crippen LogP contribution in [0.5, 0.6) is 0 Å². The van der Waals surface area contributed by atoms with Crippen molar-refractivity contribution in [3.05, 3.63) is 24.2 Å². The number of hydrogen-bond acceptors (Lipinski definition) is 3. The van der Waals surface area contributed by atoms with Gasteiger partial charge in [-0.05, 0) is 6.92 Å². The first-order chi connectivity index (χ1) is 6.81. The highest BCUT2D eigenvalue weighted by atomic mass is 16.1. The molecule has 3 N–H and O–H groups in total. The van der Waals surface area contributed by atoms with Gasteiger partial charge in [0.15, 0.2) is 12.3 Å². The summed E-state index contributed by atoms with van der Waals surface area (Å²) >= 11 is 0. The minimum Gasteiger partial charge on any atom is -0.403 e. The zero-order chi connectivity index (χ0) is 12.1. The van der Waals surface area contributed by atoms with Crippen molar-refractivity contribution in [1.82, 2.24) is 5.32 Å². The van der Waals surface area contributed by atoms with Gasteiger partial charge in [0.25, 0.3) is 0 Å². The lowest BCUT2D eigenvalue weighted by molar-refractivity contribution is -0.885. The molecule has 0 saturated heterocycles. The number of carbonyl (C=O) groups is 1. The second-order valence-electron chi connectivity index (χ2n) is 4.62. The molecule has 4 nitrogen and oxygen atoms in total. The van der Waals surface area contributed by atoms with Crippen LogP contribution in [0.2, 0.25) is 0 Å². The molecule has 86 valence electrons. The molecule has 0 aliphatic carbocycles. The van der Waals surface area contributed by atoms with Gasteiger partial charge in [0.1, 0.15) is 0 Å². The van der Waals surface area contributed by atoms with Crippen molar-refractivity contribution in [3.63, 3.8) is 0 Å². The van der Waals surface area contributed by atoms with E-state index < -0.39 is 0 Å². The maximum atomic E-state index is 11.0. The molecule has 0 aromatic rings. The summed E-state index contributed by atoms with van der Waals surface area (Å²) in [5.41, 5.74) is 7.12. The minimum atomic E-state index is -0.105. The zero-order valence-electron chi connectivity index (χ0n) is 10.1. The van der Waals surface area contributed by atoms with Gasteiger partial charge >= 0.3 is 0 Å². The lowest BCUT2D eigenvalue weighted by atomic mass is 10.1. The Balaban J connectivity index is 4.53. The normalized spacial score (nSPS) is 14.5. The third kappa shape index (κ3) is 5.22. The Labute approximate surface area is 92.0 Å². The lowest BCUT2D eigenvalue weighted by Gasteiger charge is -2.31. The van der Waals surface area contributed by atoms with Gasteiger partial charge in [-0.1, -0.05) is 6.58 Å². The average molecular weight is 212 g/mol. The third-order valence-corrected chi connectivity index (χ3v) is 2.16. The van der Waals surface area contributed by atoms with Crippen LogP contribution >= 0.6 is 0 Å². The summed E-state index contributed by atoms with van der Waals surface area (Å²) in [5, 5.41) is 3.04. The topological polar surface area (TPSA) is 55.1 Å². The Hall–Kier alpha value is -1.29. The van der Waals surface area contributed by atoms with Gasteiger partial charge in [0, 0.05) is 24.0 Å². The number of nitrogens with two attached hydrogens (primary N) is 1. The predicted molar refractivity (Wildman–Crippen MR) is 62.7 cm³/mol. The first kappa shape index (κ1) is 13.7. The summed E-state index contributed by atoms with van der Waals surface area (Å²) in [6.45, 7) is 5.59. The molecule has 0 aliphatic rings. The Morgan fingerprint density at radius 1 is 1.53 bits per heavy atom. The highest BCUT2D eigenvalue weighted by molar-refractivity contribution is 5.56. The van der Waals surface area contributed by atoms with Gasteiger partial charge in [-0.15, -0.1) is 0 Å². The molecule has 0 aromatic carbocycles. The molecule has 0 saturated carbocycles. The maximum Gasteiger partial charge on any atom is 0.177 e. The van der Waals surface area contributed by atoms with Crippen LogP contribution in [-0.2, 0) is 4.79 Å². The van der Waals surface area contributed by atoms with Crippen molar-refractivity contribution < 1.29 is 9.28 Å². The van der Waals surface area contributed by atoms with E-state index in [0.717, 1.165) is 17.7 Å². The number of allylic oxidation sites excluding steroid dienone is 1. The van der Waals surface area contributed by atoms with Crippen molar-refractivity contribution in [3.8, 4) is 0 Å². The second kappa shape index (κ2) is 5.56. The fourth-order valence-electron chi connectivity index (χ4n) is 1.16. The molecule has 0 aromatic heterocycles. The largest absolute Gasteiger partial charge is 0.403 e. The van der Waals surface area contributed by atoms with E-state index in [0.29, 0.717) is 10.9 Å². The van der Waals surface area contributed by atoms with E-state index in [-0.39, 0.29) is 6.04 Å². The predicted octanol–water partition coefficient (Wildman–Crippen LogP) is 0.574. The molecule has 0 amide bonds. The van der Waals surface area contributed by atoms with E-state index >= 15 is 0 Å². The zero-order valence-corrected chi connectivity index (χ0v) is 10.1. The van der Waals surface area contributed by atoms with Crippen LogP contribution < -0.4 is 11.1 Å². The van der Waals surface area contributed by atoms with Crippen molar-refractivity contribution in [2.45, 2.75) is 19.4 Å². The molecule has 0 bridgehead atoms. The van der Waals surface area contributed by atoms with Crippen molar-refractivity contribution >= 4 is 6.29 Å². The van der Waals surface area contributed by atoms with Gasteiger partial charge in [0.2, 0.25) is 0 Å². The molecular formula is C11H22N3O+. The third-order valence-electron chi connectivity index (χ3n) is 2.16. The van der Waals surface area contributed by atoms with Crippen LogP contribution in [0.15, 0.2) is 24.2 Å². The van der Waals surface area contributed by atoms with Crippen LogP contribution in [0.1, 0.15) is 13.3 Å². The number of nitrogens with zero attached hydrogens (tertiary/aromatic N) is 1. The van der Waals surface area contributed by atoms with Crippen LogP contribution in [0, 0.1) is 0 Å². The van der Waals surface area contributed by atoms with Gasteiger partial charge < -0.3 is 15.5 Å². The Morgan fingerprint density at radius 3 is 2.33 bits per heavy atom. The lowest BCUT2D eigenvalue weighted by Crippen LogP contribution is -2.47. The molecule has 0 unspecified atom stereocenters.